The fourth-order valence-corrected chi connectivity index (χ4v) is 4.22. The van der Waals surface area contributed by atoms with E-state index in [1.165, 1.54) is 0 Å². The van der Waals surface area contributed by atoms with Gasteiger partial charge in [-0.15, -0.1) is 0 Å². The number of aliphatic imine (C=N–C) groups is 2. The van der Waals surface area contributed by atoms with Crippen LogP contribution in [0.15, 0.2) is 58.5 Å². The summed E-state index contributed by atoms with van der Waals surface area (Å²) in [6.07, 6.45) is 4.40. The van der Waals surface area contributed by atoms with E-state index in [4.69, 9.17) is 9.98 Å². The van der Waals surface area contributed by atoms with Crippen LogP contribution in [0.1, 0.15) is 52.7 Å². The summed E-state index contributed by atoms with van der Waals surface area (Å²) in [6, 6.07) is 15.7. The Balaban J connectivity index is 1.77. The van der Waals surface area contributed by atoms with Crippen molar-refractivity contribution in [2.45, 2.75) is 25.7 Å². The van der Waals surface area contributed by atoms with Crippen LogP contribution in [-0.2, 0) is 0 Å². The van der Waals surface area contributed by atoms with Crippen LogP contribution in [0, 0.1) is 0 Å². The second-order valence-electron chi connectivity index (χ2n) is 8.09. The normalized spacial score (nSPS) is 17.7. The summed E-state index contributed by atoms with van der Waals surface area (Å²) in [5.41, 5.74) is 3.24. The average Bonchev–Trinajstić information content (AvgIpc) is 3.12. The molecule has 4 rings (SSSR count). The molecule has 0 aliphatic carbocycles. The minimum atomic E-state index is 0.0295. The molecule has 0 saturated carbocycles. The van der Waals surface area contributed by atoms with Crippen LogP contribution in [0.5, 0.6) is 0 Å². The molecular formula is C25H30N4O. The predicted octanol–water partition coefficient (Wildman–Crippen LogP) is 3.86. The molecule has 2 aliphatic rings. The van der Waals surface area contributed by atoms with Gasteiger partial charge in [-0.25, -0.2) is 0 Å². The first-order valence-corrected chi connectivity index (χ1v) is 10.9. The third-order valence-electron chi connectivity index (χ3n) is 5.87. The van der Waals surface area contributed by atoms with Crippen LogP contribution in [0.4, 0.5) is 0 Å². The molecule has 0 spiro atoms. The number of hydrogen-bond donors (Lipinski definition) is 0. The minimum Gasteiger partial charge on any atom is -0.359 e. The summed E-state index contributed by atoms with van der Waals surface area (Å²) in [5, 5.41) is 0. The third-order valence-corrected chi connectivity index (χ3v) is 5.87. The van der Waals surface area contributed by atoms with Gasteiger partial charge in [0.15, 0.2) is 5.78 Å². The first-order valence-electron chi connectivity index (χ1n) is 10.9. The molecule has 0 N–H and O–H groups in total. The number of amidine groups is 2. The van der Waals surface area contributed by atoms with E-state index in [0.29, 0.717) is 11.1 Å². The van der Waals surface area contributed by atoms with Crippen LogP contribution in [-0.4, -0.2) is 67.5 Å². The Morgan fingerprint density at radius 1 is 0.700 bits per heavy atom. The van der Waals surface area contributed by atoms with Crippen molar-refractivity contribution in [2.24, 2.45) is 9.98 Å². The van der Waals surface area contributed by atoms with Gasteiger partial charge in [-0.1, -0.05) is 48.5 Å². The van der Waals surface area contributed by atoms with E-state index < -0.39 is 0 Å². The van der Waals surface area contributed by atoms with Crippen LogP contribution in [0.3, 0.4) is 0 Å². The lowest BCUT2D eigenvalue weighted by Crippen LogP contribution is -2.30. The van der Waals surface area contributed by atoms with Crippen LogP contribution in [0.2, 0.25) is 0 Å². The van der Waals surface area contributed by atoms with Crippen molar-refractivity contribution < 1.29 is 4.79 Å². The molecule has 0 amide bonds. The van der Waals surface area contributed by atoms with E-state index >= 15 is 0 Å². The highest BCUT2D eigenvalue weighted by atomic mass is 16.1. The van der Waals surface area contributed by atoms with Crippen molar-refractivity contribution in [2.75, 3.05) is 40.3 Å². The Hall–Kier alpha value is -2.95. The zero-order chi connectivity index (χ0) is 20.9. The van der Waals surface area contributed by atoms with E-state index in [1.807, 2.05) is 48.5 Å². The largest absolute Gasteiger partial charge is 0.359 e. The summed E-state index contributed by atoms with van der Waals surface area (Å²) in [5.74, 6) is 1.86. The first kappa shape index (κ1) is 20.3. The predicted molar refractivity (Wildman–Crippen MR) is 123 cm³/mol. The molecule has 5 heteroatoms. The van der Waals surface area contributed by atoms with E-state index in [9.17, 15) is 4.79 Å². The van der Waals surface area contributed by atoms with E-state index in [0.717, 1.165) is 74.7 Å². The second-order valence-corrected chi connectivity index (χ2v) is 8.09. The Morgan fingerprint density at radius 3 is 1.60 bits per heavy atom. The van der Waals surface area contributed by atoms with Gasteiger partial charge in [-0.3, -0.25) is 14.8 Å². The quantitative estimate of drug-likeness (QED) is 0.730. The maximum Gasteiger partial charge on any atom is 0.194 e. The number of rotatable bonds is 4. The highest BCUT2D eigenvalue weighted by molar-refractivity contribution is 6.20. The highest BCUT2D eigenvalue weighted by Gasteiger charge is 2.24. The zero-order valence-electron chi connectivity index (χ0n) is 18.0. The molecule has 0 aromatic heterocycles. The molecule has 30 heavy (non-hydrogen) atoms. The van der Waals surface area contributed by atoms with Crippen LogP contribution in [0.25, 0.3) is 0 Å². The van der Waals surface area contributed by atoms with Crippen LogP contribution >= 0.6 is 0 Å². The van der Waals surface area contributed by atoms with Gasteiger partial charge >= 0.3 is 0 Å². The standard InChI is InChI=1S/C25H30N4O/c1-28-17-9-7-15-26-24(28)21-13-5-3-11-19(21)23(30)20-12-4-6-14-22(20)25-27-16-8-10-18-29(25)2/h3-6,11-14H,7-10,15-18H2,1-2H3. The summed E-state index contributed by atoms with van der Waals surface area (Å²) >= 11 is 0. The molecule has 2 aromatic carbocycles. The topological polar surface area (TPSA) is 48.3 Å². The molecule has 2 aromatic rings. The number of carbonyl (C=O) groups excluding carboxylic acids is 1. The van der Waals surface area contributed by atoms with Crippen molar-refractivity contribution >= 4 is 17.5 Å². The summed E-state index contributed by atoms with van der Waals surface area (Å²) in [7, 11) is 4.13. The number of nitrogens with zero attached hydrogens (tertiary/aromatic N) is 4. The van der Waals surface area contributed by atoms with Gasteiger partial charge in [0.25, 0.3) is 0 Å². The summed E-state index contributed by atoms with van der Waals surface area (Å²) < 4.78 is 0. The molecule has 156 valence electrons. The van der Waals surface area contributed by atoms with Crippen molar-refractivity contribution in [1.29, 1.82) is 0 Å². The number of carbonyl (C=O) groups is 1. The van der Waals surface area contributed by atoms with Crippen molar-refractivity contribution in [3.63, 3.8) is 0 Å². The number of ketones is 1. The van der Waals surface area contributed by atoms with Gasteiger partial charge in [0.2, 0.25) is 0 Å². The van der Waals surface area contributed by atoms with E-state index in [2.05, 4.69) is 23.9 Å². The number of hydrogen-bond acceptors (Lipinski definition) is 5. The maximum atomic E-state index is 13.8. The maximum absolute atomic E-state index is 13.8. The minimum absolute atomic E-state index is 0.0295. The summed E-state index contributed by atoms with van der Waals surface area (Å²) in [4.78, 5) is 27.8. The van der Waals surface area contributed by atoms with E-state index in [-0.39, 0.29) is 5.78 Å². The SMILES string of the molecule is CN1CCCCN=C1c1ccccc1C(=O)c1ccccc1C1=NCCCCN1C. The molecule has 0 fully saturated rings. The molecule has 5 nitrogen and oxygen atoms in total. The lowest BCUT2D eigenvalue weighted by atomic mass is 9.93. The van der Waals surface area contributed by atoms with E-state index in [1.54, 1.807) is 0 Å². The lowest BCUT2D eigenvalue weighted by Gasteiger charge is -2.23. The van der Waals surface area contributed by atoms with Gasteiger partial charge < -0.3 is 9.80 Å². The molecule has 0 saturated heterocycles. The Kier molecular flexibility index (Phi) is 6.26. The third kappa shape index (κ3) is 4.16. The second kappa shape index (κ2) is 9.24. The van der Waals surface area contributed by atoms with Gasteiger partial charge in [-0.2, -0.15) is 0 Å². The molecule has 0 unspecified atom stereocenters. The molecular weight excluding hydrogens is 372 g/mol. The van der Waals surface area contributed by atoms with Crippen LogP contribution < -0.4 is 0 Å². The fourth-order valence-electron chi connectivity index (χ4n) is 4.22. The zero-order valence-corrected chi connectivity index (χ0v) is 18.0. The van der Waals surface area contributed by atoms with Gasteiger partial charge in [0.05, 0.1) is 0 Å². The summed E-state index contributed by atoms with van der Waals surface area (Å²) in [6.45, 7) is 3.53. The molecule has 0 atom stereocenters. The Morgan fingerprint density at radius 2 is 1.13 bits per heavy atom. The smallest absolute Gasteiger partial charge is 0.194 e. The first-order chi connectivity index (χ1) is 14.7. The van der Waals surface area contributed by atoms with Gasteiger partial charge in [-0.05, 0) is 25.7 Å². The Bertz CT molecular complexity index is 901. The molecule has 0 bridgehead atoms. The Labute approximate surface area is 179 Å². The number of benzene rings is 2. The monoisotopic (exact) mass is 402 g/mol. The van der Waals surface area contributed by atoms with Gasteiger partial charge in [0, 0.05) is 62.5 Å². The van der Waals surface area contributed by atoms with Crippen molar-refractivity contribution in [1.82, 2.24) is 9.80 Å². The molecule has 2 aliphatic heterocycles. The molecule has 0 radical (unpaired) electrons. The molecule has 2 heterocycles. The van der Waals surface area contributed by atoms with Gasteiger partial charge in [0.1, 0.15) is 11.7 Å². The van der Waals surface area contributed by atoms with Crippen molar-refractivity contribution in [3.05, 3.63) is 70.8 Å². The van der Waals surface area contributed by atoms with Crippen molar-refractivity contribution in [3.8, 4) is 0 Å². The lowest BCUT2D eigenvalue weighted by molar-refractivity contribution is 0.103. The highest BCUT2D eigenvalue weighted by Crippen LogP contribution is 2.22. The average molecular weight is 403 g/mol. The fraction of sp³-hybridized carbons (Fsp3) is 0.400.